The molecule has 14 rings (SSSR count). The molecule has 11 aromatic carbocycles. The maximum Gasteiger partial charge on any atom is 0.164 e. The van der Waals surface area contributed by atoms with Crippen molar-refractivity contribution in [3.8, 4) is 62.1 Å². The standard InChI is InChI=1S/C63H38N4O/c1-3-15-39(16-4-1)43-25-13-26-48(31-43)51-37-54-59(38-57(51)67-55-35-46-23-11-9-21-44(46)33-52(55)53-34-45-22-10-12-24-47(45)36-56(53)67)68-58-28-14-27-50(60(54)58)63-65-61(41-18-5-2-6-19-41)64-62(66-63)49-30-29-40-17-7-8-20-42(40)32-49/h1-38H. The molecule has 0 aliphatic carbocycles. The highest BCUT2D eigenvalue weighted by Crippen LogP contribution is 2.45. The Labute approximate surface area is 390 Å². The van der Waals surface area contributed by atoms with E-state index in [9.17, 15) is 0 Å². The molecule has 5 heteroatoms. The Bertz CT molecular complexity index is 4230. The molecular formula is C63H38N4O. The maximum atomic E-state index is 7.00. The lowest BCUT2D eigenvalue weighted by Crippen LogP contribution is -2.00. The van der Waals surface area contributed by atoms with Gasteiger partial charge in [-0.3, -0.25) is 0 Å². The largest absolute Gasteiger partial charge is 0.456 e. The first-order valence-corrected chi connectivity index (χ1v) is 23.0. The van der Waals surface area contributed by atoms with Gasteiger partial charge in [0.05, 0.1) is 16.7 Å². The van der Waals surface area contributed by atoms with E-state index < -0.39 is 0 Å². The molecule has 68 heavy (non-hydrogen) atoms. The van der Waals surface area contributed by atoms with Crippen molar-refractivity contribution in [1.29, 1.82) is 0 Å². The summed E-state index contributed by atoms with van der Waals surface area (Å²) in [6.45, 7) is 0. The molecule has 0 aliphatic heterocycles. The number of furan rings is 1. The molecule has 0 unspecified atom stereocenters. The minimum absolute atomic E-state index is 0.577. The maximum absolute atomic E-state index is 7.00. The van der Waals surface area contributed by atoms with Crippen molar-refractivity contribution in [1.82, 2.24) is 19.5 Å². The normalized spacial score (nSPS) is 11.8. The first-order chi connectivity index (χ1) is 33.7. The number of nitrogens with zero attached hydrogens (tertiary/aromatic N) is 4. The van der Waals surface area contributed by atoms with Gasteiger partial charge in [-0.2, -0.15) is 0 Å². The molecule has 14 aromatic rings. The van der Waals surface area contributed by atoms with Gasteiger partial charge in [0.2, 0.25) is 0 Å². The van der Waals surface area contributed by atoms with Gasteiger partial charge in [0, 0.05) is 49.9 Å². The quantitative estimate of drug-likeness (QED) is 0.167. The van der Waals surface area contributed by atoms with Gasteiger partial charge in [-0.15, -0.1) is 0 Å². The summed E-state index contributed by atoms with van der Waals surface area (Å²) in [7, 11) is 0. The van der Waals surface area contributed by atoms with Gasteiger partial charge in [0.15, 0.2) is 17.5 Å². The number of aromatic nitrogens is 4. The van der Waals surface area contributed by atoms with Crippen LogP contribution in [0.2, 0.25) is 0 Å². The molecule has 0 N–H and O–H groups in total. The molecule has 0 fully saturated rings. The zero-order valence-corrected chi connectivity index (χ0v) is 36.6. The number of hydrogen-bond acceptors (Lipinski definition) is 4. The summed E-state index contributed by atoms with van der Waals surface area (Å²) in [5.41, 5.74) is 12.0. The van der Waals surface area contributed by atoms with Crippen molar-refractivity contribution in [2.75, 3.05) is 0 Å². The highest BCUT2D eigenvalue weighted by molar-refractivity contribution is 6.18. The second kappa shape index (κ2) is 15.2. The first kappa shape index (κ1) is 38.1. The lowest BCUT2D eigenvalue weighted by Gasteiger charge is -2.16. The second-order valence-electron chi connectivity index (χ2n) is 17.6. The fourth-order valence-electron chi connectivity index (χ4n) is 10.3. The smallest absolute Gasteiger partial charge is 0.164 e. The predicted molar refractivity (Wildman–Crippen MR) is 281 cm³/mol. The third-order valence-corrected chi connectivity index (χ3v) is 13.6. The van der Waals surface area contributed by atoms with Crippen molar-refractivity contribution in [2.45, 2.75) is 0 Å². The third-order valence-electron chi connectivity index (χ3n) is 13.6. The number of rotatable bonds is 6. The van der Waals surface area contributed by atoms with Crippen LogP contribution in [0.3, 0.4) is 0 Å². The van der Waals surface area contributed by atoms with Crippen molar-refractivity contribution in [2.24, 2.45) is 0 Å². The molecule has 0 radical (unpaired) electrons. The number of fused-ring (bicyclic) bond motifs is 9. The Hall–Kier alpha value is -9.19. The third kappa shape index (κ3) is 6.21. The van der Waals surface area contributed by atoms with E-state index in [1.165, 1.54) is 32.3 Å². The van der Waals surface area contributed by atoms with E-state index in [0.717, 1.165) is 88.4 Å². The van der Waals surface area contributed by atoms with Gasteiger partial charge in [-0.25, -0.2) is 15.0 Å². The Kier molecular flexibility index (Phi) is 8.52. The summed E-state index contributed by atoms with van der Waals surface area (Å²) < 4.78 is 9.45. The van der Waals surface area contributed by atoms with E-state index in [-0.39, 0.29) is 0 Å². The van der Waals surface area contributed by atoms with Crippen molar-refractivity contribution >= 4 is 76.1 Å². The van der Waals surface area contributed by atoms with Crippen molar-refractivity contribution < 1.29 is 4.42 Å². The zero-order chi connectivity index (χ0) is 44.7. The van der Waals surface area contributed by atoms with Crippen LogP contribution in [-0.2, 0) is 0 Å². The summed E-state index contributed by atoms with van der Waals surface area (Å²) >= 11 is 0. The first-order valence-electron chi connectivity index (χ1n) is 23.0. The van der Waals surface area contributed by atoms with Crippen LogP contribution in [0, 0.1) is 0 Å². The van der Waals surface area contributed by atoms with Crippen molar-refractivity contribution in [3.05, 3.63) is 231 Å². The Morgan fingerprint density at radius 3 is 1.50 bits per heavy atom. The van der Waals surface area contributed by atoms with E-state index >= 15 is 0 Å². The van der Waals surface area contributed by atoms with E-state index in [0.29, 0.717) is 17.5 Å². The molecular weight excluding hydrogens is 829 g/mol. The van der Waals surface area contributed by atoms with Gasteiger partial charge in [-0.05, 0) is 97.5 Å². The van der Waals surface area contributed by atoms with Gasteiger partial charge in [0.1, 0.15) is 11.2 Å². The Morgan fingerprint density at radius 2 is 0.824 bits per heavy atom. The van der Waals surface area contributed by atoms with Crippen LogP contribution in [-0.4, -0.2) is 19.5 Å². The van der Waals surface area contributed by atoms with Crippen LogP contribution in [0.4, 0.5) is 0 Å². The molecule has 0 amide bonds. The summed E-state index contributed by atoms with van der Waals surface area (Å²) in [5.74, 6) is 1.79. The fourth-order valence-corrected chi connectivity index (χ4v) is 10.3. The van der Waals surface area contributed by atoms with Crippen LogP contribution < -0.4 is 0 Å². The van der Waals surface area contributed by atoms with Crippen LogP contribution in [0.15, 0.2) is 235 Å². The number of benzene rings is 11. The van der Waals surface area contributed by atoms with Crippen molar-refractivity contribution in [3.63, 3.8) is 0 Å². The molecule has 0 atom stereocenters. The van der Waals surface area contributed by atoms with Crippen LogP contribution in [0.25, 0.3) is 138 Å². The molecule has 0 saturated heterocycles. The molecule has 316 valence electrons. The van der Waals surface area contributed by atoms with Gasteiger partial charge < -0.3 is 8.98 Å². The summed E-state index contributed by atoms with van der Waals surface area (Å²) in [4.78, 5) is 15.6. The Balaban J connectivity index is 1.06. The highest BCUT2D eigenvalue weighted by Gasteiger charge is 2.23. The van der Waals surface area contributed by atoms with Crippen LogP contribution >= 0.6 is 0 Å². The van der Waals surface area contributed by atoms with E-state index in [1.54, 1.807) is 0 Å². The SMILES string of the molecule is c1ccc(-c2cccc(-c3cc4c(cc3-n3c5cc6ccccc6cc5c5cc6ccccc6cc53)oc3cccc(-c5nc(-c6ccccc6)nc(-c6ccc7ccccc7c6)n5)c34)c2)cc1. The minimum atomic E-state index is 0.577. The van der Waals surface area contributed by atoms with E-state index in [1.807, 2.05) is 24.3 Å². The lowest BCUT2D eigenvalue weighted by molar-refractivity contribution is 0.668. The van der Waals surface area contributed by atoms with E-state index in [4.69, 9.17) is 19.4 Å². The average Bonchev–Trinajstić information content (AvgIpc) is 3.93. The summed E-state index contributed by atoms with van der Waals surface area (Å²) in [6, 6.07) is 81.9. The highest BCUT2D eigenvalue weighted by atomic mass is 16.3. The van der Waals surface area contributed by atoms with Gasteiger partial charge in [0.25, 0.3) is 0 Å². The molecule has 5 nitrogen and oxygen atoms in total. The zero-order valence-electron chi connectivity index (χ0n) is 36.6. The predicted octanol–water partition coefficient (Wildman–Crippen LogP) is 16.7. The van der Waals surface area contributed by atoms with Gasteiger partial charge >= 0.3 is 0 Å². The molecule has 0 aliphatic rings. The minimum Gasteiger partial charge on any atom is -0.456 e. The second-order valence-corrected chi connectivity index (χ2v) is 17.6. The topological polar surface area (TPSA) is 56.7 Å². The molecule has 0 spiro atoms. The number of hydrogen-bond donors (Lipinski definition) is 0. The molecule has 0 saturated carbocycles. The Morgan fingerprint density at radius 1 is 0.294 bits per heavy atom. The summed E-state index contributed by atoms with van der Waals surface area (Å²) in [6.07, 6.45) is 0. The molecule has 3 heterocycles. The van der Waals surface area contributed by atoms with E-state index in [2.05, 4.69) is 211 Å². The lowest BCUT2D eigenvalue weighted by atomic mass is 9.95. The van der Waals surface area contributed by atoms with Crippen LogP contribution in [0.5, 0.6) is 0 Å². The van der Waals surface area contributed by atoms with Crippen LogP contribution in [0.1, 0.15) is 0 Å². The summed E-state index contributed by atoms with van der Waals surface area (Å²) in [5, 5.41) is 11.4. The molecule has 3 aromatic heterocycles. The monoisotopic (exact) mass is 866 g/mol. The average molecular weight is 867 g/mol. The van der Waals surface area contributed by atoms with Gasteiger partial charge in [-0.1, -0.05) is 176 Å². The fraction of sp³-hybridized carbons (Fsp3) is 0. The molecule has 0 bridgehead atoms.